The van der Waals surface area contributed by atoms with Crippen molar-refractivity contribution < 1.29 is 31.1 Å². The molecule has 2 heterocycles. The number of carbonyl (C=O) groups is 1. The van der Waals surface area contributed by atoms with E-state index in [0.29, 0.717) is 35.2 Å². The lowest BCUT2D eigenvalue weighted by Gasteiger charge is -2.36. The molecule has 0 spiro atoms. The number of nitrogens with zero attached hydrogens (tertiary/aromatic N) is 4. The second kappa shape index (κ2) is 11.9. The van der Waals surface area contributed by atoms with Crippen LogP contribution < -0.4 is 4.90 Å². The summed E-state index contributed by atoms with van der Waals surface area (Å²) in [5, 5.41) is 0.560. The molecule has 0 unspecified atom stereocenters. The Morgan fingerprint density at radius 3 is 1.95 bits per heavy atom. The molecule has 1 aliphatic heterocycles. The molecular formula is C31H25ClF6N4O. The maximum Gasteiger partial charge on any atom is 0.416 e. The lowest BCUT2D eigenvalue weighted by molar-refractivity contribution is -0.143. The molecule has 43 heavy (non-hydrogen) atoms. The Kier molecular flexibility index (Phi) is 8.38. The van der Waals surface area contributed by atoms with Gasteiger partial charge in [-0.25, -0.2) is 9.97 Å². The van der Waals surface area contributed by atoms with E-state index in [1.165, 1.54) is 4.90 Å². The van der Waals surface area contributed by atoms with Gasteiger partial charge < -0.3 is 9.80 Å². The molecule has 5 nitrogen and oxygen atoms in total. The summed E-state index contributed by atoms with van der Waals surface area (Å²) in [6.45, 7) is 2.54. The van der Waals surface area contributed by atoms with Crippen molar-refractivity contribution >= 4 is 23.3 Å². The van der Waals surface area contributed by atoms with E-state index < -0.39 is 35.0 Å². The summed E-state index contributed by atoms with van der Waals surface area (Å²) >= 11 is 6.05. The van der Waals surface area contributed by atoms with Crippen LogP contribution >= 0.6 is 11.6 Å². The highest BCUT2D eigenvalue weighted by molar-refractivity contribution is 6.30. The lowest BCUT2D eigenvalue weighted by atomic mass is 10.0. The fourth-order valence-corrected chi connectivity index (χ4v) is 5.09. The summed E-state index contributed by atoms with van der Waals surface area (Å²) in [7, 11) is 0. The van der Waals surface area contributed by atoms with Gasteiger partial charge in [-0.15, -0.1) is 0 Å². The van der Waals surface area contributed by atoms with Crippen LogP contribution in [0, 0.1) is 6.92 Å². The number of amides is 1. The van der Waals surface area contributed by atoms with E-state index >= 15 is 0 Å². The van der Waals surface area contributed by atoms with Crippen molar-refractivity contribution in [2.75, 3.05) is 31.1 Å². The van der Waals surface area contributed by atoms with Crippen molar-refractivity contribution in [2.45, 2.75) is 25.7 Å². The summed E-state index contributed by atoms with van der Waals surface area (Å²) in [6, 6.07) is 17.7. The number of alkyl halides is 6. The SMILES string of the molecule is Cc1nc(-c2ccc(Cl)cc2)nc(N2CCN(C(=O)c3cc(C(F)(F)F)cc(C(F)(F)F)c3)CC2)c1Cc1ccccc1. The molecule has 0 N–H and O–H groups in total. The molecule has 224 valence electrons. The first kappa shape index (κ1) is 30.3. The largest absolute Gasteiger partial charge is 0.416 e. The Bertz CT molecular complexity index is 1580. The Hall–Kier alpha value is -4.12. The predicted octanol–water partition coefficient (Wildman–Crippen LogP) is 7.70. The molecule has 0 atom stereocenters. The minimum Gasteiger partial charge on any atom is -0.353 e. The topological polar surface area (TPSA) is 49.3 Å². The average Bonchev–Trinajstić information content (AvgIpc) is 2.97. The smallest absolute Gasteiger partial charge is 0.353 e. The average molecular weight is 619 g/mol. The maximum atomic E-state index is 13.4. The molecule has 1 fully saturated rings. The zero-order valence-electron chi connectivity index (χ0n) is 22.8. The minimum absolute atomic E-state index is 0.0126. The van der Waals surface area contributed by atoms with Crippen molar-refractivity contribution in [3.05, 3.63) is 111 Å². The Morgan fingerprint density at radius 1 is 0.814 bits per heavy atom. The molecule has 1 amide bonds. The number of rotatable bonds is 5. The standard InChI is InChI=1S/C31H25ClF6N4O/c1-19-26(15-20-5-3-2-4-6-20)28(40-27(39-19)21-7-9-25(32)10-8-21)41-11-13-42(14-12-41)29(43)22-16-23(30(33,34)35)18-24(17-22)31(36,37)38/h2-10,16-18H,11-15H2,1H3. The van der Waals surface area contributed by atoms with Crippen LogP contribution in [0.4, 0.5) is 32.2 Å². The van der Waals surface area contributed by atoms with Crippen LogP contribution in [-0.4, -0.2) is 47.0 Å². The van der Waals surface area contributed by atoms with Crippen LogP contribution in [0.15, 0.2) is 72.8 Å². The quantitative estimate of drug-likeness (QED) is 0.215. The molecule has 4 aromatic rings. The summed E-state index contributed by atoms with van der Waals surface area (Å²) in [4.78, 5) is 26.0. The third-order valence-corrected chi connectivity index (χ3v) is 7.47. The van der Waals surface area contributed by atoms with Gasteiger partial charge >= 0.3 is 12.4 Å². The highest BCUT2D eigenvalue weighted by atomic mass is 35.5. The number of aromatic nitrogens is 2. The molecular weight excluding hydrogens is 594 g/mol. The molecule has 3 aromatic carbocycles. The van der Waals surface area contributed by atoms with Crippen molar-refractivity contribution in [3.63, 3.8) is 0 Å². The van der Waals surface area contributed by atoms with Gasteiger partial charge in [-0.3, -0.25) is 4.79 Å². The van der Waals surface area contributed by atoms with E-state index in [1.54, 1.807) is 24.3 Å². The van der Waals surface area contributed by atoms with Gasteiger partial charge in [0.2, 0.25) is 0 Å². The van der Waals surface area contributed by atoms with Crippen molar-refractivity contribution in [1.82, 2.24) is 14.9 Å². The molecule has 0 aliphatic carbocycles. The third kappa shape index (κ3) is 6.93. The van der Waals surface area contributed by atoms with Gasteiger partial charge in [0.25, 0.3) is 5.91 Å². The number of aryl methyl sites for hydroxylation is 1. The number of carbonyl (C=O) groups excluding carboxylic acids is 1. The first-order valence-corrected chi connectivity index (χ1v) is 13.7. The normalized spacial score (nSPS) is 14.2. The molecule has 1 aliphatic rings. The van der Waals surface area contributed by atoms with Crippen LogP contribution in [0.25, 0.3) is 11.4 Å². The van der Waals surface area contributed by atoms with Gasteiger partial charge in [0.1, 0.15) is 5.82 Å². The molecule has 0 radical (unpaired) electrons. The van der Waals surface area contributed by atoms with Crippen LogP contribution in [0.2, 0.25) is 5.02 Å². The molecule has 0 saturated carbocycles. The molecule has 0 bridgehead atoms. The van der Waals surface area contributed by atoms with Crippen LogP contribution in [0.1, 0.15) is 38.3 Å². The summed E-state index contributed by atoms with van der Waals surface area (Å²) < 4.78 is 80.2. The highest BCUT2D eigenvalue weighted by Crippen LogP contribution is 2.37. The van der Waals surface area contributed by atoms with Crippen LogP contribution in [0.5, 0.6) is 0 Å². The third-order valence-electron chi connectivity index (χ3n) is 7.22. The Balaban J connectivity index is 1.43. The first-order chi connectivity index (χ1) is 20.3. The zero-order chi connectivity index (χ0) is 30.9. The van der Waals surface area contributed by atoms with Gasteiger partial charge in [-0.2, -0.15) is 26.3 Å². The maximum absolute atomic E-state index is 13.4. The van der Waals surface area contributed by atoms with Crippen molar-refractivity contribution in [2.24, 2.45) is 0 Å². The molecule has 1 aromatic heterocycles. The number of halogens is 7. The van der Waals surface area contributed by atoms with E-state index in [1.807, 2.05) is 42.2 Å². The second-order valence-electron chi connectivity index (χ2n) is 10.2. The first-order valence-electron chi connectivity index (χ1n) is 13.3. The number of hydrogen-bond donors (Lipinski definition) is 0. The molecule has 1 saturated heterocycles. The Labute approximate surface area is 248 Å². The van der Waals surface area contributed by atoms with Gasteiger partial charge in [0.05, 0.1) is 11.1 Å². The summed E-state index contributed by atoms with van der Waals surface area (Å²) in [5.74, 6) is 0.219. The van der Waals surface area contributed by atoms with E-state index in [-0.39, 0.29) is 32.2 Å². The number of anilines is 1. The number of hydrogen-bond acceptors (Lipinski definition) is 4. The van der Waals surface area contributed by atoms with Crippen molar-refractivity contribution in [1.29, 1.82) is 0 Å². The monoisotopic (exact) mass is 618 g/mol. The second-order valence-corrected chi connectivity index (χ2v) is 10.6. The summed E-state index contributed by atoms with van der Waals surface area (Å²) in [5.41, 5.74) is -0.310. The highest BCUT2D eigenvalue weighted by Gasteiger charge is 2.38. The van der Waals surface area contributed by atoms with Crippen LogP contribution in [-0.2, 0) is 18.8 Å². The Morgan fingerprint density at radius 2 is 1.40 bits per heavy atom. The van der Waals surface area contributed by atoms with E-state index in [4.69, 9.17) is 21.6 Å². The number of piperazine rings is 1. The predicted molar refractivity (Wildman–Crippen MR) is 151 cm³/mol. The van der Waals surface area contributed by atoms with E-state index in [0.717, 1.165) is 22.4 Å². The minimum atomic E-state index is -5.04. The molecule has 12 heteroatoms. The van der Waals surface area contributed by atoms with E-state index in [2.05, 4.69) is 0 Å². The van der Waals surface area contributed by atoms with Gasteiger partial charge in [0, 0.05) is 60.0 Å². The van der Waals surface area contributed by atoms with Gasteiger partial charge in [-0.1, -0.05) is 41.9 Å². The van der Waals surface area contributed by atoms with Crippen LogP contribution in [0.3, 0.4) is 0 Å². The zero-order valence-corrected chi connectivity index (χ0v) is 23.6. The number of benzene rings is 3. The fraction of sp³-hybridized carbons (Fsp3) is 0.258. The fourth-order valence-electron chi connectivity index (χ4n) is 4.96. The van der Waals surface area contributed by atoms with Gasteiger partial charge in [0.15, 0.2) is 5.82 Å². The van der Waals surface area contributed by atoms with E-state index in [9.17, 15) is 31.1 Å². The lowest BCUT2D eigenvalue weighted by Crippen LogP contribution is -2.49. The van der Waals surface area contributed by atoms with Crippen molar-refractivity contribution in [3.8, 4) is 11.4 Å². The van der Waals surface area contributed by atoms with Gasteiger partial charge in [-0.05, 0) is 55.0 Å². The summed E-state index contributed by atoms with van der Waals surface area (Å²) in [6.07, 6.45) is -9.56. The molecule has 5 rings (SSSR count).